The summed E-state index contributed by atoms with van der Waals surface area (Å²) in [5.41, 5.74) is 4.95. The molecule has 158 valence electrons. The third kappa shape index (κ3) is 3.31. The van der Waals surface area contributed by atoms with Gasteiger partial charge in [-0.15, -0.1) is 10.2 Å². The molecule has 2 aromatic heterocycles. The van der Waals surface area contributed by atoms with Crippen LogP contribution in [0, 0.1) is 0 Å². The summed E-state index contributed by atoms with van der Waals surface area (Å²) in [6, 6.07) is 33.8. The van der Waals surface area contributed by atoms with Crippen molar-refractivity contribution in [2.75, 3.05) is 0 Å². The van der Waals surface area contributed by atoms with Gasteiger partial charge in [-0.25, -0.2) is 4.98 Å². The van der Waals surface area contributed by atoms with E-state index < -0.39 is 0 Å². The van der Waals surface area contributed by atoms with Gasteiger partial charge in [0.15, 0.2) is 5.69 Å². The van der Waals surface area contributed by atoms with E-state index >= 15 is 0 Å². The summed E-state index contributed by atoms with van der Waals surface area (Å²) in [5.74, 6) is 0.103. The second kappa shape index (κ2) is 7.88. The first kappa shape index (κ1) is 19.2. The molecule has 0 saturated heterocycles. The maximum Gasteiger partial charge on any atom is 0.221 e. The van der Waals surface area contributed by atoms with Crippen molar-refractivity contribution in [3.05, 3.63) is 109 Å². The SMILES string of the molecule is Oc1c(N=Nc2c3ccccc3nc3ccccc23)c2ccccc2n1Cc1ccccc1. The van der Waals surface area contributed by atoms with Gasteiger partial charge in [-0.05, 0) is 23.8 Å². The fourth-order valence-corrected chi connectivity index (χ4v) is 4.32. The van der Waals surface area contributed by atoms with Gasteiger partial charge in [0.05, 0.1) is 23.1 Å². The summed E-state index contributed by atoms with van der Waals surface area (Å²) in [4.78, 5) is 4.76. The third-order valence-electron chi connectivity index (χ3n) is 5.91. The Morgan fingerprint density at radius 3 is 1.85 bits per heavy atom. The molecule has 0 fully saturated rings. The number of pyridine rings is 1. The van der Waals surface area contributed by atoms with Crippen LogP contribution in [0.1, 0.15) is 5.56 Å². The van der Waals surface area contributed by atoms with Crippen LogP contribution in [0.3, 0.4) is 0 Å². The lowest BCUT2D eigenvalue weighted by molar-refractivity contribution is 0.429. The Balaban J connectivity index is 1.54. The van der Waals surface area contributed by atoms with Gasteiger partial charge < -0.3 is 9.67 Å². The first-order valence-electron chi connectivity index (χ1n) is 10.8. The number of hydrogen-bond donors (Lipinski definition) is 1. The highest BCUT2D eigenvalue weighted by atomic mass is 16.3. The molecular formula is C28H20N4O. The molecule has 2 heterocycles. The Hall–Kier alpha value is -4.51. The molecule has 0 radical (unpaired) electrons. The van der Waals surface area contributed by atoms with Crippen molar-refractivity contribution in [2.24, 2.45) is 10.2 Å². The van der Waals surface area contributed by atoms with Crippen LogP contribution in [0.15, 0.2) is 113 Å². The zero-order valence-corrected chi connectivity index (χ0v) is 17.8. The predicted molar refractivity (Wildman–Crippen MR) is 133 cm³/mol. The summed E-state index contributed by atoms with van der Waals surface area (Å²) in [5, 5.41) is 23.2. The third-order valence-corrected chi connectivity index (χ3v) is 5.91. The fourth-order valence-electron chi connectivity index (χ4n) is 4.32. The van der Waals surface area contributed by atoms with E-state index in [9.17, 15) is 5.11 Å². The Kier molecular flexibility index (Phi) is 4.58. The Labute approximate surface area is 190 Å². The molecule has 5 nitrogen and oxygen atoms in total. The lowest BCUT2D eigenvalue weighted by atomic mass is 10.1. The van der Waals surface area contributed by atoms with E-state index in [0.29, 0.717) is 12.2 Å². The van der Waals surface area contributed by atoms with Crippen LogP contribution in [-0.4, -0.2) is 14.7 Å². The molecule has 0 aliphatic carbocycles. The maximum absolute atomic E-state index is 11.2. The highest BCUT2D eigenvalue weighted by Crippen LogP contribution is 2.41. The van der Waals surface area contributed by atoms with Crippen LogP contribution in [0.5, 0.6) is 5.88 Å². The lowest BCUT2D eigenvalue weighted by Gasteiger charge is -2.07. The minimum Gasteiger partial charge on any atom is -0.493 e. The number of para-hydroxylation sites is 3. The number of benzene rings is 4. The van der Waals surface area contributed by atoms with E-state index in [2.05, 4.69) is 10.2 Å². The molecule has 0 unspecified atom stereocenters. The topological polar surface area (TPSA) is 62.8 Å². The molecule has 1 N–H and O–H groups in total. The van der Waals surface area contributed by atoms with Crippen LogP contribution >= 0.6 is 0 Å². The number of rotatable bonds is 4. The number of fused-ring (bicyclic) bond motifs is 3. The molecule has 0 spiro atoms. The van der Waals surface area contributed by atoms with Gasteiger partial charge in [0.25, 0.3) is 0 Å². The number of aromatic nitrogens is 2. The molecule has 0 amide bonds. The first-order valence-corrected chi connectivity index (χ1v) is 10.8. The van der Waals surface area contributed by atoms with Gasteiger partial charge in [0.1, 0.15) is 5.69 Å². The molecule has 4 aromatic carbocycles. The predicted octanol–water partition coefficient (Wildman–Crippen LogP) is 7.51. The summed E-state index contributed by atoms with van der Waals surface area (Å²) < 4.78 is 1.88. The highest BCUT2D eigenvalue weighted by Gasteiger charge is 2.17. The lowest BCUT2D eigenvalue weighted by Crippen LogP contribution is -1.98. The molecule has 0 aliphatic rings. The first-order chi connectivity index (χ1) is 16.3. The highest BCUT2D eigenvalue weighted by molar-refractivity contribution is 6.06. The second-order valence-electron chi connectivity index (χ2n) is 7.96. The van der Waals surface area contributed by atoms with Crippen LogP contribution in [-0.2, 0) is 6.54 Å². The molecule has 0 atom stereocenters. The molecule has 5 heteroatoms. The van der Waals surface area contributed by atoms with Gasteiger partial charge >= 0.3 is 0 Å². The Morgan fingerprint density at radius 1 is 0.606 bits per heavy atom. The van der Waals surface area contributed by atoms with Crippen molar-refractivity contribution in [1.82, 2.24) is 9.55 Å². The van der Waals surface area contributed by atoms with E-state index in [1.807, 2.05) is 108 Å². The summed E-state index contributed by atoms with van der Waals surface area (Å²) >= 11 is 0. The van der Waals surface area contributed by atoms with Gasteiger partial charge in [0, 0.05) is 16.2 Å². The molecule has 33 heavy (non-hydrogen) atoms. The number of nitrogens with zero attached hydrogens (tertiary/aromatic N) is 4. The van der Waals surface area contributed by atoms with Crippen LogP contribution < -0.4 is 0 Å². The normalized spacial score (nSPS) is 11.8. The summed E-state index contributed by atoms with van der Waals surface area (Å²) in [7, 11) is 0. The smallest absolute Gasteiger partial charge is 0.221 e. The fraction of sp³-hybridized carbons (Fsp3) is 0.0357. The van der Waals surface area contributed by atoms with Crippen molar-refractivity contribution < 1.29 is 5.11 Å². The largest absolute Gasteiger partial charge is 0.493 e. The van der Waals surface area contributed by atoms with E-state index in [4.69, 9.17) is 4.98 Å². The minimum absolute atomic E-state index is 0.103. The van der Waals surface area contributed by atoms with Crippen molar-refractivity contribution >= 4 is 44.1 Å². The van der Waals surface area contributed by atoms with Crippen LogP contribution in [0.4, 0.5) is 11.4 Å². The van der Waals surface area contributed by atoms with E-state index in [1.165, 1.54) is 0 Å². The van der Waals surface area contributed by atoms with Crippen LogP contribution in [0.25, 0.3) is 32.7 Å². The van der Waals surface area contributed by atoms with Crippen LogP contribution in [0.2, 0.25) is 0 Å². The van der Waals surface area contributed by atoms with Gasteiger partial charge in [0.2, 0.25) is 5.88 Å². The van der Waals surface area contributed by atoms with E-state index in [0.717, 1.165) is 44.0 Å². The van der Waals surface area contributed by atoms with Crippen molar-refractivity contribution in [3.8, 4) is 5.88 Å². The average molecular weight is 428 g/mol. The monoisotopic (exact) mass is 428 g/mol. The summed E-state index contributed by atoms with van der Waals surface area (Å²) in [6.07, 6.45) is 0. The quantitative estimate of drug-likeness (QED) is 0.233. The van der Waals surface area contributed by atoms with Gasteiger partial charge in [-0.1, -0.05) is 84.9 Å². The molecule has 6 aromatic rings. The van der Waals surface area contributed by atoms with E-state index in [-0.39, 0.29) is 5.88 Å². The number of azo groups is 1. The second-order valence-corrected chi connectivity index (χ2v) is 7.96. The standard InChI is InChI=1S/C28H20N4O/c33-28-27(22-14-6-9-17-25(22)32(28)18-19-10-2-1-3-11-19)31-30-26-20-12-4-7-15-23(20)29-24-16-8-5-13-21(24)26/h1-17,33H,18H2. The maximum atomic E-state index is 11.2. The van der Waals surface area contributed by atoms with Gasteiger partial charge in [-0.2, -0.15) is 0 Å². The van der Waals surface area contributed by atoms with Gasteiger partial charge in [-0.3, -0.25) is 0 Å². The zero-order chi connectivity index (χ0) is 22.2. The zero-order valence-electron chi connectivity index (χ0n) is 17.8. The Bertz CT molecular complexity index is 1600. The molecule has 0 bridgehead atoms. The Morgan fingerprint density at radius 2 is 1.15 bits per heavy atom. The summed E-state index contributed by atoms with van der Waals surface area (Å²) in [6.45, 7) is 0.545. The minimum atomic E-state index is 0.103. The van der Waals surface area contributed by atoms with Crippen molar-refractivity contribution in [2.45, 2.75) is 6.54 Å². The van der Waals surface area contributed by atoms with E-state index in [1.54, 1.807) is 0 Å². The molecule has 0 saturated carbocycles. The molecular weight excluding hydrogens is 408 g/mol. The van der Waals surface area contributed by atoms with Crippen molar-refractivity contribution in [1.29, 1.82) is 0 Å². The molecule has 6 rings (SSSR count). The number of hydrogen-bond acceptors (Lipinski definition) is 4. The van der Waals surface area contributed by atoms with Crippen molar-refractivity contribution in [3.63, 3.8) is 0 Å². The molecule has 0 aliphatic heterocycles. The average Bonchev–Trinajstić information content (AvgIpc) is 3.13. The number of aromatic hydroxyl groups is 1.